The molecule has 2 atom stereocenters. The topological polar surface area (TPSA) is 9.23 Å². The van der Waals surface area contributed by atoms with Crippen molar-refractivity contribution in [3.05, 3.63) is 29.8 Å². The minimum Gasteiger partial charge on any atom is -0.473 e. The Morgan fingerprint density at radius 3 is 1.86 bits per heavy atom. The molecule has 1 nitrogen and oxygen atoms in total. The predicted molar refractivity (Wildman–Crippen MR) is 124 cm³/mol. The third-order valence-electron chi connectivity index (χ3n) is 3.86. The van der Waals surface area contributed by atoms with Crippen LogP contribution in [0.4, 0.5) is 0 Å². The van der Waals surface area contributed by atoms with Gasteiger partial charge in [-0.15, -0.1) is 0 Å². The smallest absolute Gasteiger partial charge is 0.199 e. The number of para-hydroxylation sites is 1. The molecule has 1 aliphatic carbocycles. The molecule has 1 aromatic rings. The van der Waals surface area contributed by atoms with E-state index >= 15 is 0 Å². The molecule has 0 spiro atoms. The molecule has 2 aliphatic rings. The molecule has 0 aromatic heterocycles. The highest BCUT2D eigenvalue weighted by atomic mass is 79.9. The Morgan fingerprint density at radius 2 is 1.27 bits per heavy atom. The molecular weight excluding hydrogens is 879 g/mol. The fraction of sp³-hybridized carbons (Fsp3) is 0.500. The number of alkyl halides is 9. The van der Waals surface area contributed by atoms with Gasteiger partial charge in [-0.3, -0.25) is 0 Å². The zero-order chi connectivity index (χ0) is 16.8. The minimum atomic E-state index is -0.783. The first-order chi connectivity index (χ1) is 9.82. The van der Waals surface area contributed by atoms with Crippen LogP contribution in [0, 0.1) is 0 Å². The van der Waals surface area contributed by atoms with Crippen molar-refractivity contribution < 1.29 is 4.74 Å². The van der Waals surface area contributed by atoms with Crippen molar-refractivity contribution >= 4 is 143 Å². The molecule has 2 unspecified atom stereocenters. The third kappa shape index (κ3) is 2.29. The molecule has 0 bridgehead atoms. The van der Waals surface area contributed by atoms with Crippen LogP contribution in [0.1, 0.15) is 11.5 Å². The fourth-order valence-corrected chi connectivity index (χ4v) is 12.3. The molecule has 1 aliphatic heterocycles. The van der Waals surface area contributed by atoms with E-state index in [1.165, 1.54) is 0 Å². The Morgan fingerprint density at radius 1 is 0.727 bits per heavy atom. The van der Waals surface area contributed by atoms with Gasteiger partial charge in [-0.2, -0.15) is 0 Å². The van der Waals surface area contributed by atoms with Gasteiger partial charge >= 0.3 is 0 Å². The number of rotatable bonds is 0. The van der Waals surface area contributed by atoms with Crippen molar-refractivity contribution in [2.75, 3.05) is 0 Å². The maximum atomic E-state index is 6.34. The maximum Gasteiger partial charge on any atom is 0.199 e. The lowest BCUT2D eigenvalue weighted by Gasteiger charge is -2.61. The summed E-state index contributed by atoms with van der Waals surface area (Å²) in [5.74, 6) is 0.751. The van der Waals surface area contributed by atoms with Crippen LogP contribution in [0.25, 0.3) is 0 Å². The van der Waals surface area contributed by atoms with Crippen LogP contribution >= 0.6 is 143 Å². The van der Waals surface area contributed by atoms with Crippen molar-refractivity contribution in [2.45, 2.75) is 23.4 Å². The van der Waals surface area contributed by atoms with E-state index in [4.69, 9.17) is 4.74 Å². The second-order valence-electron chi connectivity index (χ2n) is 5.06. The summed E-state index contributed by atoms with van der Waals surface area (Å²) in [5, 5.41) is 0. The van der Waals surface area contributed by atoms with Gasteiger partial charge in [0.2, 0.25) is 0 Å². The molecule has 0 saturated heterocycles. The summed E-state index contributed by atoms with van der Waals surface area (Å²) in [4.78, 5) is 0. The van der Waals surface area contributed by atoms with Gasteiger partial charge in [0, 0.05) is 5.56 Å². The number of hydrogen-bond acceptors (Lipinski definition) is 1. The lowest BCUT2D eigenvalue weighted by atomic mass is 9.82. The molecule has 1 fully saturated rings. The van der Waals surface area contributed by atoms with E-state index in [0.29, 0.717) is 0 Å². The Bertz CT molecular complexity index is 641. The van der Waals surface area contributed by atoms with Crippen LogP contribution in [0.5, 0.6) is 5.75 Å². The quantitative estimate of drug-likeness (QED) is 0.239. The number of ether oxygens (including phenoxy) is 1. The minimum absolute atomic E-state index is 0.0862. The summed E-state index contributed by atoms with van der Waals surface area (Å²) >= 11 is 34.4. The molecule has 0 N–H and O–H groups in total. The van der Waals surface area contributed by atoms with E-state index in [0.717, 1.165) is 11.3 Å². The normalized spacial score (nSPS) is 36.1. The largest absolute Gasteiger partial charge is 0.473 e. The van der Waals surface area contributed by atoms with Gasteiger partial charge in [-0.1, -0.05) is 146 Å². The highest BCUT2D eigenvalue weighted by molar-refractivity contribution is 9.34. The van der Waals surface area contributed by atoms with Gasteiger partial charge in [0.1, 0.15) is 15.5 Å². The predicted octanol–water partition coefficient (Wildman–Crippen LogP) is 8.21. The van der Waals surface area contributed by atoms with E-state index in [-0.39, 0.29) is 5.92 Å². The maximum absolute atomic E-state index is 6.34. The lowest BCUT2D eigenvalue weighted by Crippen LogP contribution is -2.73. The zero-order valence-electron chi connectivity index (χ0n) is 10.2. The number of halogens is 9. The Hall–Kier alpha value is 3.34. The van der Waals surface area contributed by atoms with Crippen molar-refractivity contribution in [3.8, 4) is 5.75 Å². The number of hydrogen-bond donors (Lipinski definition) is 0. The molecule has 1 heterocycles. The molecule has 0 amide bonds. The van der Waals surface area contributed by atoms with Gasteiger partial charge < -0.3 is 4.74 Å². The van der Waals surface area contributed by atoms with Crippen molar-refractivity contribution in [2.24, 2.45) is 0 Å². The Labute approximate surface area is 204 Å². The standard InChI is InChI=1S/C12H5Br9O/c13-8(14)7-5-3-1-2-4-6(5)22-9(7,15)11(18,19)12(20,21)10(8,16)17/h1-4,7H. The van der Waals surface area contributed by atoms with Crippen molar-refractivity contribution in [1.82, 2.24) is 0 Å². The van der Waals surface area contributed by atoms with Crippen LogP contribution in [0.3, 0.4) is 0 Å². The van der Waals surface area contributed by atoms with Gasteiger partial charge in [-0.25, -0.2) is 0 Å². The summed E-state index contributed by atoms with van der Waals surface area (Å²) in [6.45, 7) is 0. The Kier molecular flexibility index (Phi) is 5.40. The summed E-state index contributed by atoms with van der Waals surface area (Å²) in [6.07, 6.45) is 0. The van der Waals surface area contributed by atoms with Crippen molar-refractivity contribution in [3.63, 3.8) is 0 Å². The van der Waals surface area contributed by atoms with E-state index in [1.54, 1.807) is 0 Å². The van der Waals surface area contributed by atoms with E-state index < -0.39 is 17.4 Å². The van der Waals surface area contributed by atoms with E-state index in [1.807, 2.05) is 18.2 Å². The molecule has 0 radical (unpaired) electrons. The van der Waals surface area contributed by atoms with Crippen LogP contribution in [-0.2, 0) is 0 Å². The molecule has 1 saturated carbocycles. The summed E-state index contributed by atoms with van der Waals surface area (Å²) < 4.78 is 2.90. The van der Waals surface area contributed by atoms with E-state index in [2.05, 4.69) is 149 Å². The fourth-order valence-electron chi connectivity index (χ4n) is 2.71. The van der Waals surface area contributed by atoms with Crippen LogP contribution in [0.15, 0.2) is 24.3 Å². The summed E-state index contributed by atoms with van der Waals surface area (Å²) in [6, 6.07) is 8.01. The molecule has 1 aromatic carbocycles. The number of fused-ring (bicyclic) bond motifs is 3. The first-order valence-corrected chi connectivity index (χ1v) is 12.9. The molecule has 3 rings (SSSR count). The van der Waals surface area contributed by atoms with Gasteiger partial charge in [0.15, 0.2) is 7.74 Å². The molecule has 22 heavy (non-hydrogen) atoms. The average molecular weight is 884 g/mol. The first-order valence-electron chi connectivity index (χ1n) is 5.80. The van der Waals surface area contributed by atoms with Crippen LogP contribution < -0.4 is 4.74 Å². The molecule has 10 heteroatoms. The lowest BCUT2D eigenvalue weighted by molar-refractivity contribution is 0.136. The van der Waals surface area contributed by atoms with E-state index in [9.17, 15) is 0 Å². The van der Waals surface area contributed by atoms with Gasteiger partial charge in [0.25, 0.3) is 0 Å². The second-order valence-corrected chi connectivity index (χ2v) is 20.1. The van der Waals surface area contributed by atoms with Crippen LogP contribution in [0.2, 0.25) is 0 Å². The van der Waals surface area contributed by atoms with Gasteiger partial charge in [-0.05, 0) is 22.0 Å². The summed E-state index contributed by atoms with van der Waals surface area (Å²) in [5.41, 5.74) is 1.09. The van der Waals surface area contributed by atoms with Crippen molar-refractivity contribution in [1.29, 1.82) is 0 Å². The Balaban J connectivity index is 2.34. The number of benzene rings is 1. The SMILES string of the molecule is BrC1(Br)C2c3ccccc3OC2(Br)C(Br)(Br)C(Br)(Br)C1(Br)Br. The monoisotopic (exact) mass is 875 g/mol. The highest BCUT2D eigenvalue weighted by Gasteiger charge is 2.83. The molecular formula is C12H5Br9O. The third-order valence-corrected chi connectivity index (χ3v) is 21.8. The van der Waals surface area contributed by atoms with Gasteiger partial charge in [0.05, 0.1) is 5.92 Å². The highest BCUT2D eigenvalue weighted by Crippen LogP contribution is 2.81. The molecule has 122 valence electrons. The summed E-state index contributed by atoms with van der Waals surface area (Å²) in [7, 11) is 0. The second kappa shape index (κ2) is 5.92. The average Bonchev–Trinajstić information content (AvgIpc) is 2.71. The zero-order valence-corrected chi connectivity index (χ0v) is 24.5. The van der Waals surface area contributed by atoms with Crippen LogP contribution in [-0.4, -0.2) is 17.4 Å². The first kappa shape index (κ1) is 20.1.